The zero-order valence-corrected chi connectivity index (χ0v) is 19.3. The predicted octanol–water partition coefficient (Wildman–Crippen LogP) is 5.43. The highest BCUT2D eigenvalue weighted by Gasteiger charge is 2.34. The number of aryl methyl sites for hydroxylation is 1. The first-order valence-corrected chi connectivity index (χ1v) is 11.2. The average molecular weight is 458 g/mol. The van der Waals surface area contributed by atoms with Gasteiger partial charge in [0.1, 0.15) is 11.5 Å². The van der Waals surface area contributed by atoms with Crippen LogP contribution in [0.5, 0.6) is 0 Å². The van der Waals surface area contributed by atoms with Crippen molar-refractivity contribution in [3.8, 4) is 11.4 Å². The van der Waals surface area contributed by atoms with Crippen molar-refractivity contribution in [2.45, 2.75) is 38.8 Å². The fourth-order valence-corrected chi connectivity index (χ4v) is 4.71. The maximum Gasteiger partial charge on any atom is 0.277 e. The molecule has 3 aromatic rings. The summed E-state index contributed by atoms with van der Waals surface area (Å²) in [5, 5.41) is 4.48. The molecular weight excluding hydrogens is 433 g/mol. The van der Waals surface area contributed by atoms with Crippen LogP contribution in [0.1, 0.15) is 36.7 Å². The third-order valence-corrected chi connectivity index (χ3v) is 6.28. The molecule has 2 atom stereocenters. The largest absolute Gasteiger partial charge is 0.376 e. The fraction of sp³-hybridized carbons (Fsp3) is 0.333. The second-order valence-corrected chi connectivity index (χ2v) is 8.46. The lowest BCUT2D eigenvalue weighted by molar-refractivity contribution is 0.0574. The van der Waals surface area contributed by atoms with E-state index >= 15 is 0 Å². The van der Waals surface area contributed by atoms with E-state index < -0.39 is 0 Å². The van der Waals surface area contributed by atoms with Gasteiger partial charge in [-0.25, -0.2) is 4.98 Å². The molecule has 1 aliphatic carbocycles. The smallest absolute Gasteiger partial charge is 0.277 e. The van der Waals surface area contributed by atoms with Crippen LogP contribution in [-0.2, 0) is 24.6 Å². The maximum atomic E-state index is 13.4. The zero-order valence-electron chi connectivity index (χ0n) is 17.8. The molecule has 4 rings (SSSR count). The molecule has 0 saturated carbocycles. The van der Waals surface area contributed by atoms with Crippen LogP contribution in [0.3, 0.4) is 0 Å². The third kappa shape index (κ3) is 4.10. The van der Waals surface area contributed by atoms with E-state index in [1.165, 1.54) is 10.1 Å². The van der Waals surface area contributed by atoms with Crippen molar-refractivity contribution in [1.82, 2.24) is 9.55 Å². The van der Waals surface area contributed by atoms with Crippen LogP contribution in [0.4, 0.5) is 5.69 Å². The van der Waals surface area contributed by atoms with E-state index in [4.69, 9.17) is 32.9 Å². The molecule has 162 valence electrons. The number of hydrogen-bond acceptors (Lipinski definition) is 4. The molecule has 7 heteroatoms. The van der Waals surface area contributed by atoms with Gasteiger partial charge < -0.3 is 10.1 Å². The van der Waals surface area contributed by atoms with E-state index in [9.17, 15) is 4.79 Å². The summed E-state index contributed by atoms with van der Waals surface area (Å²) >= 11 is 12.4. The molecule has 1 heterocycles. The Hall–Kier alpha value is -2.34. The first-order chi connectivity index (χ1) is 14.9. The van der Waals surface area contributed by atoms with E-state index in [0.717, 1.165) is 12.0 Å². The van der Waals surface area contributed by atoms with Gasteiger partial charge in [0, 0.05) is 30.7 Å². The number of ether oxygens (including phenoxy) is 1. The summed E-state index contributed by atoms with van der Waals surface area (Å²) < 4.78 is 7.55. The number of nitrogens with zero attached hydrogens (tertiary/aromatic N) is 2. The fourth-order valence-electron chi connectivity index (χ4n) is 4.21. The van der Waals surface area contributed by atoms with Crippen LogP contribution in [0.25, 0.3) is 11.4 Å². The average Bonchev–Trinajstić information content (AvgIpc) is 3.09. The van der Waals surface area contributed by atoms with E-state index in [2.05, 4.69) is 17.4 Å². The molecule has 1 N–H and O–H groups in total. The van der Waals surface area contributed by atoms with Gasteiger partial charge in [0.05, 0.1) is 22.9 Å². The molecule has 0 radical (unpaired) electrons. The third-order valence-electron chi connectivity index (χ3n) is 5.74. The molecule has 0 unspecified atom stereocenters. The number of rotatable bonds is 6. The van der Waals surface area contributed by atoms with Crippen molar-refractivity contribution in [3.05, 3.63) is 79.7 Å². The molecule has 5 nitrogen and oxygen atoms in total. The summed E-state index contributed by atoms with van der Waals surface area (Å²) in [5.41, 5.74) is 4.13. The zero-order chi connectivity index (χ0) is 22.1. The highest BCUT2D eigenvalue weighted by molar-refractivity contribution is 6.36. The summed E-state index contributed by atoms with van der Waals surface area (Å²) in [4.78, 5) is 18.2. The van der Waals surface area contributed by atoms with Gasteiger partial charge >= 0.3 is 0 Å². The number of hydrogen-bond donors (Lipinski definition) is 1. The molecule has 1 aromatic heterocycles. The lowest BCUT2D eigenvalue weighted by Crippen LogP contribution is -2.31. The second-order valence-electron chi connectivity index (χ2n) is 7.62. The molecule has 0 saturated heterocycles. The van der Waals surface area contributed by atoms with Crippen LogP contribution >= 0.6 is 23.2 Å². The van der Waals surface area contributed by atoms with E-state index in [1.54, 1.807) is 25.2 Å². The summed E-state index contributed by atoms with van der Waals surface area (Å²) in [6.07, 6.45) is 1.38. The minimum absolute atomic E-state index is 0.0396. The van der Waals surface area contributed by atoms with Crippen molar-refractivity contribution in [3.63, 3.8) is 0 Å². The van der Waals surface area contributed by atoms with Crippen molar-refractivity contribution in [1.29, 1.82) is 0 Å². The number of benzene rings is 2. The minimum Gasteiger partial charge on any atom is -0.376 e. The van der Waals surface area contributed by atoms with Crippen LogP contribution in [-0.4, -0.2) is 22.3 Å². The van der Waals surface area contributed by atoms with E-state index in [0.29, 0.717) is 45.8 Å². The lowest BCUT2D eigenvalue weighted by atomic mass is 10.1. The van der Waals surface area contributed by atoms with Crippen molar-refractivity contribution in [2.24, 2.45) is 7.05 Å². The molecular formula is C24H25Cl2N3O2. The molecule has 0 spiro atoms. The van der Waals surface area contributed by atoms with Crippen molar-refractivity contribution >= 4 is 28.9 Å². The number of nitrogens with one attached hydrogen (secondary N) is 1. The predicted molar refractivity (Wildman–Crippen MR) is 126 cm³/mol. The Morgan fingerprint density at radius 1 is 1.19 bits per heavy atom. The summed E-state index contributed by atoms with van der Waals surface area (Å²) in [5.74, 6) is 0.516. The highest BCUT2D eigenvalue weighted by Crippen LogP contribution is 2.36. The van der Waals surface area contributed by atoms with Gasteiger partial charge in [0.25, 0.3) is 5.56 Å². The molecule has 2 aromatic carbocycles. The monoisotopic (exact) mass is 457 g/mol. The standard InChI is InChI=1S/C24H25Cl2N3O2/c1-4-19-22(28-21-16-9-7-6-8-14(16)12-20(21)31-5-2)24(30)29(3)23(27-19)17-11-10-15(25)13-18(17)26/h6-11,13,20-21,28H,4-5,12H2,1-3H3/t20-,21+/m0/s1. The molecule has 0 amide bonds. The Morgan fingerprint density at radius 3 is 2.68 bits per heavy atom. The van der Waals surface area contributed by atoms with Crippen molar-refractivity contribution in [2.75, 3.05) is 11.9 Å². The van der Waals surface area contributed by atoms with Gasteiger partial charge in [-0.15, -0.1) is 0 Å². The molecule has 0 bridgehead atoms. The Balaban J connectivity index is 1.79. The number of halogens is 2. The Bertz CT molecular complexity index is 1180. The summed E-state index contributed by atoms with van der Waals surface area (Å²) in [6.45, 7) is 4.59. The number of aromatic nitrogens is 2. The van der Waals surface area contributed by atoms with E-state index in [1.807, 2.05) is 26.0 Å². The summed E-state index contributed by atoms with van der Waals surface area (Å²) in [6, 6.07) is 13.3. The van der Waals surface area contributed by atoms with Gasteiger partial charge in [-0.3, -0.25) is 9.36 Å². The minimum atomic E-state index is -0.146. The van der Waals surface area contributed by atoms with Gasteiger partial charge in [0.15, 0.2) is 0 Å². The Kier molecular flexibility index (Phi) is 6.37. The quantitative estimate of drug-likeness (QED) is 0.535. The molecule has 1 aliphatic rings. The van der Waals surface area contributed by atoms with Crippen LogP contribution in [0.15, 0.2) is 47.3 Å². The van der Waals surface area contributed by atoms with E-state index in [-0.39, 0.29) is 17.7 Å². The van der Waals surface area contributed by atoms with Gasteiger partial charge in [-0.05, 0) is 42.7 Å². The van der Waals surface area contributed by atoms with Gasteiger partial charge in [-0.2, -0.15) is 0 Å². The molecule has 0 aliphatic heterocycles. The SMILES string of the molecule is CCO[C@H]1Cc2ccccc2[C@H]1Nc1c(CC)nc(-c2ccc(Cl)cc2Cl)n(C)c1=O. The highest BCUT2D eigenvalue weighted by atomic mass is 35.5. The molecule has 31 heavy (non-hydrogen) atoms. The first kappa shape index (κ1) is 21.9. The maximum absolute atomic E-state index is 13.4. The van der Waals surface area contributed by atoms with Crippen molar-refractivity contribution < 1.29 is 4.74 Å². The second kappa shape index (κ2) is 9.03. The van der Waals surface area contributed by atoms with Crippen LogP contribution < -0.4 is 10.9 Å². The lowest BCUT2D eigenvalue weighted by Gasteiger charge is -2.24. The first-order valence-electron chi connectivity index (χ1n) is 10.5. The number of anilines is 1. The van der Waals surface area contributed by atoms with Gasteiger partial charge in [-0.1, -0.05) is 54.4 Å². The Labute approximate surface area is 192 Å². The number of fused-ring (bicyclic) bond motifs is 1. The van der Waals surface area contributed by atoms with Crippen LogP contribution in [0.2, 0.25) is 10.0 Å². The Morgan fingerprint density at radius 2 is 1.97 bits per heavy atom. The summed E-state index contributed by atoms with van der Waals surface area (Å²) in [7, 11) is 1.71. The molecule has 0 fully saturated rings. The topological polar surface area (TPSA) is 56.1 Å². The van der Waals surface area contributed by atoms with Crippen LogP contribution in [0, 0.1) is 0 Å². The normalized spacial score (nSPS) is 17.6. The van der Waals surface area contributed by atoms with Gasteiger partial charge in [0.2, 0.25) is 0 Å².